The second-order valence-electron chi connectivity index (χ2n) is 3.25. The zero-order valence-corrected chi connectivity index (χ0v) is 9.13. The van der Waals surface area contributed by atoms with Gasteiger partial charge in [0, 0.05) is 12.2 Å². The Bertz CT molecular complexity index is 369. The van der Waals surface area contributed by atoms with Crippen LogP contribution in [0.3, 0.4) is 0 Å². The molecule has 88 valence electrons. The first-order valence-corrected chi connectivity index (χ1v) is 5.01. The van der Waals surface area contributed by atoms with E-state index in [1.807, 2.05) is 0 Å². The molecule has 0 aromatic heterocycles. The highest BCUT2D eigenvalue weighted by molar-refractivity contribution is 5.95. The fraction of sp³-hybridized carbons (Fsp3) is 0.364. The number of benzene rings is 1. The molecular formula is C11H15FN2O2. The SMILES string of the molecule is COC(=O)c1cc(F)ccc1NCCCN. The third kappa shape index (κ3) is 3.20. The largest absolute Gasteiger partial charge is 0.465 e. The van der Waals surface area contributed by atoms with Crippen LogP contribution < -0.4 is 11.1 Å². The molecule has 0 atom stereocenters. The minimum absolute atomic E-state index is 0.194. The molecule has 0 spiro atoms. The number of carbonyl (C=O) groups excluding carboxylic acids is 1. The van der Waals surface area contributed by atoms with E-state index in [0.29, 0.717) is 18.8 Å². The summed E-state index contributed by atoms with van der Waals surface area (Å²) in [6.07, 6.45) is 0.776. The third-order valence-corrected chi connectivity index (χ3v) is 2.08. The zero-order chi connectivity index (χ0) is 12.0. The van der Waals surface area contributed by atoms with Gasteiger partial charge in [-0.3, -0.25) is 0 Å². The van der Waals surface area contributed by atoms with Crippen molar-refractivity contribution in [2.24, 2.45) is 5.73 Å². The van der Waals surface area contributed by atoms with Gasteiger partial charge in [0.1, 0.15) is 5.82 Å². The molecule has 0 amide bonds. The Morgan fingerprint density at radius 3 is 2.94 bits per heavy atom. The van der Waals surface area contributed by atoms with Gasteiger partial charge in [0.15, 0.2) is 0 Å². The van der Waals surface area contributed by atoms with Crippen molar-refractivity contribution in [3.8, 4) is 0 Å². The van der Waals surface area contributed by atoms with E-state index in [1.54, 1.807) is 0 Å². The summed E-state index contributed by atoms with van der Waals surface area (Å²) < 4.78 is 17.5. The van der Waals surface area contributed by atoms with Crippen molar-refractivity contribution in [3.05, 3.63) is 29.6 Å². The Morgan fingerprint density at radius 1 is 1.56 bits per heavy atom. The predicted molar refractivity (Wildman–Crippen MR) is 59.9 cm³/mol. The molecular weight excluding hydrogens is 211 g/mol. The maximum atomic E-state index is 13.0. The number of rotatable bonds is 5. The van der Waals surface area contributed by atoms with Crippen LogP contribution in [0, 0.1) is 5.82 Å². The van der Waals surface area contributed by atoms with Gasteiger partial charge in [-0.1, -0.05) is 0 Å². The van der Waals surface area contributed by atoms with E-state index < -0.39 is 11.8 Å². The van der Waals surface area contributed by atoms with Crippen molar-refractivity contribution in [2.45, 2.75) is 6.42 Å². The highest BCUT2D eigenvalue weighted by Crippen LogP contribution is 2.17. The number of anilines is 1. The Hall–Kier alpha value is -1.62. The van der Waals surface area contributed by atoms with Gasteiger partial charge in [0.05, 0.1) is 12.7 Å². The summed E-state index contributed by atoms with van der Waals surface area (Å²) in [6, 6.07) is 3.95. The summed E-state index contributed by atoms with van der Waals surface area (Å²) in [5.41, 5.74) is 6.10. The average Bonchev–Trinajstić information content (AvgIpc) is 2.30. The molecule has 0 aliphatic heterocycles. The molecule has 0 aliphatic rings. The fourth-order valence-corrected chi connectivity index (χ4v) is 1.27. The van der Waals surface area contributed by atoms with Gasteiger partial charge in [-0.2, -0.15) is 0 Å². The monoisotopic (exact) mass is 226 g/mol. The van der Waals surface area contributed by atoms with E-state index in [-0.39, 0.29) is 5.56 Å². The number of nitrogens with one attached hydrogen (secondary N) is 1. The van der Waals surface area contributed by atoms with Crippen molar-refractivity contribution >= 4 is 11.7 Å². The minimum Gasteiger partial charge on any atom is -0.465 e. The van der Waals surface area contributed by atoms with Crippen LogP contribution in [-0.2, 0) is 4.74 Å². The predicted octanol–water partition coefficient (Wildman–Crippen LogP) is 1.37. The van der Waals surface area contributed by atoms with Crippen LogP contribution in [0.1, 0.15) is 16.8 Å². The molecule has 16 heavy (non-hydrogen) atoms. The number of hydrogen-bond acceptors (Lipinski definition) is 4. The van der Waals surface area contributed by atoms with Crippen LogP contribution >= 0.6 is 0 Å². The lowest BCUT2D eigenvalue weighted by Gasteiger charge is -2.10. The van der Waals surface area contributed by atoms with Crippen molar-refractivity contribution in [2.75, 3.05) is 25.5 Å². The van der Waals surface area contributed by atoms with E-state index >= 15 is 0 Å². The summed E-state index contributed by atoms with van der Waals surface area (Å²) >= 11 is 0. The lowest BCUT2D eigenvalue weighted by atomic mass is 10.1. The number of ether oxygens (including phenoxy) is 1. The number of methoxy groups -OCH3 is 1. The molecule has 0 fully saturated rings. The minimum atomic E-state index is -0.560. The summed E-state index contributed by atoms with van der Waals surface area (Å²) in [5, 5.41) is 3.01. The standard InChI is InChI=1S/C11H15FN2O2/c1-16-11(15)9-7-8(12)3-4-10(9)14-6-2-5-13/h3-4,7,14H,2,5-6,13H2,1H3. The van der Waals surface area contributed by atoms with Gasteiger partial charge >= 0.3 is 5.97 Å². The number of esters is 1. The van der Waals surface area contributed by atoms with Crippen LogP contribution in [0.25, 0.3) is 0 Å². The summed E-state index contributed by atoms with van der Waals surface area (Å²) in [7, 11) is 1.26. The van der Waals surface area contributed by atoms with Gasteiger partial charge in [-0.15, -0.1) is 0 Å². The number of halogens is 1. The van der Waals surface area contributed by atoms with Crippen molar-refractivity contribution in [3.63, 3.8) is 0 Å². The molecule has 4 nitrogen and oxygen atoms in total. The van der Waals surface area contributed by atoms with Crippen LogP contribution in [0.15, 0.2) is 18.2 Å². The first-order chi connectivity index (χ1) is 7.69. The molecule has 5 heteroatoms. The smallest absolute Gasteiger partial charge is 0.340 e. The van der Waals surface area contributed by atoms with E-state index in [2.05, 4.69) is 10.1 Å². The highest BCUT2D eigenvalue weighted by atomic mass is 19.1. The summed E-state index contributed by atoms with van der Waals surface area (Å²) in [6.45, 7) is 1.19. The first kappa shape index (κ1) is 12.4. The van der Waals surface area contributed by atoms with Crippen LogP contribution in [0.4, 0.5) is 10.1 Å². The van der Waals surface area contributed by atoms with E-state index in [0.717, 1.165) is 12.5 Å². The van der Waals surface area contributed by atoms with Crippen LogP contribution in [0.5, 0.6) is 0 Å². The second kappa shape index (κ2) is 6.07. The Balaban J connectivity index is 2.85. The van der Waals surface area contributed by atoms with E-state index in [4.69, 9.17) is 5.73 Å². The maximum Gasteiger partial charge on any atom is 0.340 e. The maximum absolute atomic E-state index is 13.0. The normalized spacial score (nSPS) is 9.94. The van der Waals surface area contributed by atoms with Crippen LogP contribution in [0.2, 0.25) is 0 Å². The molecule has 0 bridgehead atoms. The van der Waals surface area contributed by atoms with E-state index in [1.165, 1.54) is 19.2 Å². The van der Waals surface area contributed by atoms with Crippen molar-refractivity contribution in [1.29, 1.82) is 0 Å². The summed E-state index contributed by atoms with van der Waals surface area (Å²) in [5.74, 6) is -1.03. The number of nitrogens with two attached hydrogens (primary N) is 1. The third-order valence-electron chi connectivity index (χ3n) is 2.08. The average molecular weight is 226 g/mol. The molecule has 0 heterocycles. The molecule has 0 aliphatic carbocycles. The number of hydrogen-bond donors (Lipinski definition) is 2. The topological polar surface area (TPSA) is 64.3 Å². The molecule has 1 aromatic carbocycles. The quantitative estimate of drug-likeness (QED) is 0.588. The molecule has 0 saturated carbocycles. The lowest BCUT2D eigenvalue weighted by molar-refractivity contribution is 0.0601. The number of carbonyl (C=O) groups is 1. The van der Waals surface area contributed by atoms with E-state index in [9.17, 15) is 9.18 Å². The molecule has 0 radical (unpaired) electrons. The molecule has 1 rings (SSSR count). The van der Waals surface area contributed by atoms with Crippen molar-refractivity contribution in [1.82, 2.24) is 0 Å². The van der Waals surface area contributed by atoms with Gasteiger partial charge in [-0.25, -0.2) is 9.18 Å². The first-order valence-electron chi connectivity index (χ1n) is 5.01. The zero-order valence-electron chi connectivity index (χ0n) is 9.13. The Morgan fingerprint density at radius 2 is 2.31 bits per heavy atom. The van der Waals surface area contributed by atoms with Crippen molar-refractivity contribution < 1.29 is 13.9 Å². The van der Waals surface area contributed by atoms with Gasteiger partial charge < -0.3 is 15.8 Å². The summed E-state index contributed by atoms with van der Waals surface area (Å²) in [4.78, 5) is 11.4. The van der Waals surface area contributed by atoms with Gasteiger partial charge in [0.2, 0.25) is 0 Å². The van der Waals surface area contributed by atoms with Gasteiger partial charge in [0.25, 0.3) is 0 Å². The highest BCUT2D eigenvalue weighted by Gasteiger charge is 2.12. The fourth-order valence-electron chi connectivity index (χ4n) is 1.27. The van der Waals surface area contributed by atoms with Gasteiger partial charge in [-0.05, 0) is 31.2 Å². The Labute approximate surface area is 93.6 Å². The molecule has 3 N–H and O–H groups in total. The van der Waals surface area contributed by atoms with Crippen LogP contribution in [-0.4, -0.2) is 26.2 Å². The molecule has 1 aromatic rings. The second-order valence-corrected chi connectivity index (χ2v) is 3.25. The lowest BCUT2D eigenvalue weighted by Crippen LogP contribution is -2.12. The Kier molecular flexibility index (Phi) is 4.72. The molecule has 0 saturated heterocycles. The molecule has 0 unspecified atom stereocenters.